The smallest absolute Gasteiger partial charge is 0.255 e. The number of nitrogens with one attached hydrogen (secondary N) is 1. The first-order valence-electron chi connectivity index (χ1n) is 9.37. The molecule has 2 heterocycles. The third-order valence-electron chi connectivity index (χ3n) is 4.60. The molecule has 0 aliphatic rings. The van der Waals surface area contributed by atoms with Crippen LogP contribution in [0.2, 0.25) is 0 Å². The molecule has 0 unspecified atom stereocenters. The van der Waals surface area contributed by atoms with Crippen LogP contribution in [0.4, 0.5) is 5.69 Å². The molecule has 4 rings (SSSR count). The van der Waals surface area contributed by atoms with Crippen molar-refractivity contribution >= 4 is 11.6 Å². The lowest BCUT2D eigenvalue weighted by atomic mass is 10.1. The molecule has 0 saturated heterocycles. The monoisotopic (exact) mass is 404 g/mol. The summed E-state index contributed by atoms with van der Waals surface area (Å²) >= 11 is 0. The van der Waals surface area contributed by atoms with E-state index in [1.807, 2.05) is 32.0 Å². The molecular formula is C22H20N4O4. The van der Waals surface area contributed by atoms with E-state index in [9.17, 15) is 4.79 Å². The van der Waals surface area contributed by atoms with Crippen molar-refractivity contribution in [1.29, 1.82) is 0 Å². The number of nitrogens with zero attached hydrogens (tertiary/aromatic N) is 3. The Bertz CT molecular complexity index is 1180. The highest BCUT2D eigenvalue weighted by atomic mass is 16.5. The number of ether oxygens (including phenoxy) is 1. The second-order valence-electron chi connectivity index (χ2n) is 6.76. The highest BCUT2D eigenvalue weighted by Crippen LogP contribution is 2.26. The zero-order valence-corrected chi connectivity index (χ0v) is 16.8. The van der Waals surface area contributed by atoms with Crippen molar-refractivity contribution < 1.29 is 18.6 Å². The van der Waals surface area contributed by atoms with Crippen molar-refractivity contribution in [2.24, 2.45) is 0 Å². The fourth-order valence-electron chi connectivity index (χ4n) is 2.98. The van der Waals surface area contributed by atoms with Crippen LogP contribution in [0.3, 0.4) is 0 Å². The first-order chi connectivity index (χ1) is 14.5. The minimum Gasteiger partial charge on any atom is -0.489 e. The van der Waals surface area contributed by atoms with E-state index in [0.29, 0.717) is 40.9 Å². The Hall–Kier alpha value is -3.94. The molecule has 2 aromatic carbocycles. The maximum Gasteiger partial charge on any atom is 0.255 e. The van der Waals surface area contributed by atoms with E-state index in [0.717, 1.165) is 17.0 Å². The third-order valence-corrected chi connectivity index (χ3v) is 4.60. The van der Waals surface area contributed by atoms with Crippen LogP contribution in [0.15, 0.2) is 57.6 Å². The number of rotatable bonds is 6. The molecule has 0 atom stereocenters. The number of hydrogen-bond acceptors (Lipinski definition) is 7. The first kappa shape index (κ1) is 19.4. The van der Waals surface area contributed by atoms with Crippen molar-refractivity contribution in [3.05, 3.63) is 77.0 Å². The molecule has 0 saturated carbocycles. The quantitative estimate of drug-likeness (QED) is 0.505. The Kier molecular flexibility index (Phi) is 5.30. The second-order valence-corrected chi connectivity index (χ2v) is 6.76. The Balaban J connectivity index is 1.50. The molecule has 2 aromatic heterocycles. The van der Waals surface area contributed by atoms with E-state index in [4.69, 9.17) is 13.8 Å². The molecule has 8 nitrogen and oxygen atoms in total. The van der Waals surface area contributed by atoms with Crippen molar-refractivity contribution in [2.75, 3.05) is 5.32 Å². The molecule has 1 N–H and O–H groups in total. The Morgan fingerprint density at radius 3 is 2.60 bits per heavy atom. The molecule has 0 spiro atoms. The van der Waals surface area contributed by atoms with Gasteiger partial charge in [-0.15, -0.1) is 0 Å². The van der Waals surface area contributed by atoms with Crippen LogP contribution in [0.25, 0.3) is 11.4 Å². The van der Waals surface area contributed by atoms with Gasteiger partial charge in [0, 0.05) is 18.1 Å². The van der Waals surface area contributed by atoms with Gasteiger partial charge in [-0.1, -0.05) is 28.5 Å². The summed E-state index contributed by atoms with van der Waals surface area (Å²) in [6, 6.07) is 14.3. The molecule has 0 bridgehead atoms. The van der Waals surface area contributed by atoms with Gasteiger partial charge >= 0.3 is 0 Å². The highest BCUT2D eigenvalue weighted by molar-refractivity contribution is 6.06. The zero-order chi connectivity index (χ0) is 21.1. The topological polar surface area (TPSA) is 103 Å². The molecule has 152 valence electrons. The van der Waals surface area contributed by atoms with E-state index >= 15 is 0 Å². The Morgan fingerprint density at radius 2 is 1.87 bits per heavy atom. The molecule has 0 fully saturated rings. The standard InChI is InChI=1S/C22H20N4O4/c1-13-19(14(2)29-25-13)12-28-17-8-6-7-16(11-17)22(27)24-20-10-5-4-9-18(20)21-23-15(3)30-26-21/h4-11H,12H2,1-3H3,(H,24,27). The molecular weight excluding hydrogens is 384 g/mol. The fourth-order valence-corrected chi connectivity index (χ4v) is 2.98. The van der Waals surface area contributed by atoms with Crippen LogP contribution in [-0.2, 0) is 6.61 Å². The second kappa shape index (κ2) is 8.20. The van der Waals surface area contributed by atoms with E-state index in [2.05, 4.69) is 20.6 Å². The minimum absolute atomic E-state index is 0.273. The molecule has 0 aliphatic carbocycles. The van der Waals surface area contributed by atoms with Crippen molar-refractivity contribution in [2.45, 2.75) is 27.4 Å². The number of carbonyl (C=O) groups excluding carboxylic acids is 1. The molecule has 8 heteroatoms. The number of carbonyl (C=O) groups is 1. The Labute approximate surface area is 172 Å². The number of hydrogen-bond donors (Lipinski definition) is 1. The van der Waals surface area contributed by atoms with Gasteiger partial charge in [-0.25, -0.2) is 0 Å². The molecule has 0 radical (unpaired) electrons. The highest BCUT2D eigenvalue weighted by Gasteiger charge is 2.15. The number of aromatic nitrogens is 3. The first-order valence-corrected chi connectivity index (χ1v) is 9.37. The third kappa shape index (κ3) is 4.07. The van der Waals surface area contributed by atoms with Gasteiger partial charge < -0.3 is 19.1 Å². The van der Waals surface area contributed by atoms with E-state index in [1.165, 1.54) is 0 Å². The van der Waals surface area contributed by atoms with Gasteiger partial charge in [0.1, 0.15) is 18.1 Å². The SMILES string of the molecule is Cc1nc(-c2ccccc2NC(=O)c2cccc(OCc3c(C)noc3C)c2)no1. The van der Waals surface area contributed by atoms with Gasteiger partial charge in [-0.2, -0.15) is 4.98 Å². The van der Waals surface area contributed by atoms with Gasteiger partial charge in [-0.05, 0) is 44.2 Å². The van der Waals surface area contributed by atoms with Gasteiger partial charge in [0.15, 0.2) is 0 Å². The molecule has 4 aromatic rings. The lowest BCUT2D eigenvalue weighted by Crippen LogP contribution is -2.13. The Morgan fingerprint density at radius 1 is 1.03 bits per heavy atom. The lowest BCUT2D eigenvalue weighted by molar-refractivity contribution is 0.102. The van der Waals surface area contributed by atoms with Crippen LogP contribution < -0.4 is 10.1 Å². The maximum atomic E-state index is 12.8. The summed E-state index contributed by atoms with van der Waals surface area (Å²) in [7, 11) is 0. The summed E-state index contributed by atoms with van der Waals surface area (Å²) in [6.07, 6.45) is 0. The zero-order valence-electron chi connectivity index (χ0n) is 16.8. The largest absolute Gasteiger partial charge is 0.489 e. The molecule has 1 amide bonds. The van der Waals surface area contributed by atoms with E-state index in [1.54, 1.807) is 37.3 Å². The predicted octanol–water partition coefficient (Wildman–Crippen LogP) is 4.48. The van der Waals surface area contributed by atoms with Gasteiger partial charge in [0.05, 0.1) is 16.9 Å². The number of anilines is 1. The van der Waals surface area contributed by atoms with Crippen molar-refractivity contribution in [3.63, 3.8) is 0 Å². The van der Waals surface area contributed by atoms with Crippen LogP contribution in [-0.4, -0.2) is 21.2 Å². The number of aryl methyl sites for hydroxylation is 3. The normalized spacial score (nSPS) is 10.8. The predicted molar refractivity (Wildman–Crippen MR) is 109 cm³/mol. The average molecular weight is 404 g/mol. The van der Waals surface area contributed by atoms with E-state index in [-0.39, 0.29) is 5.91 Å². The summed E-state index contributed by atoms with van der Waals surface area (Å²) in [5.41, 5.74) is 3.41. The van der Waals surface area contributed by atoms with Crippen molar-refractivity contribution in [3.8, 4) is 17.1 Å². The summed E-state index contributed by atoms with van der Waals surface area (Å²) in [6.45, 7) is 5.73. The molecule has 0 aliphatic heterocycles. The molecule has 30 heavy (non-hydrogen) atoms. The average Bonchev–Trinajstić information content (AvgIpc) is 3.32. The van der Waals surface area contributed by atoms with Gasteiger partial charge in [0.2, 0.25) is 11.7 Å². The van der Waals surface area contributed by atoms with E-state index < -0.39 is 0 Å². The summed E-state index contributed by atoms with van der Waals surface area (Å²) in [5, 5.41) is 10.8. The van der Waals surface area contributed by atoms with Crippen molar-refractivity contribution in [1.82, 2.24) is 15.3 Å². The van der Waals surface area contributed by atoms with Crippen LogP contribution in [0, 0.1) is 20.8 Å². The summed E-state index contributed by atoms with van der Waals surface area (Å²) in [5.74, 6) is 1.89. The van der Waals surface area contributed by atoms with Crippen LogP contribution in [0.1, 0.15) is 33.3 Å². The fraction of sp³-hybridized carbons (Fsp3) is 0.182. The summed E-state index contributed by atoms with van der Waals surface area (Å²) < 4.78 is 16.0. The maximum absolute atomic E-state index is 12.8. The number of para-hydroxylation sites is 1. The van der Waals surface area contributed by atoms with Gasteiger partial charge in [0.25, 0.3) is 5.91 Å². The van der Waals surface area contributed by atoms with Crippen LogP contribution in [0.5, 0.6) is 5.75 Å². The lowest BCUT2D eigenvalue weighted by Gasteiger charge is -2.10. The summed E-state index contributed by atoms with van der Waals surface area (Å²) in [4.78, 5) is 17.1. The number of amides is 1. The number of benzene rings is 2. The van der Waals surface area contributed by atoms with Gasteiger partial charge in [-0.3, -0.25) is 4.79 Å². The minimum atomic E-state index is -0.273. The van der Waals surface area contributed by atoms with Crippen LogP contribution >= 0.6 is 0 Å².